The van der Waals surface area contributed by atoms with Gasteiger partial charge in [-0.1, -0.05) is 0 Å². The van der Waals surface area contributed by atoms with Crippen LogP contribution in [0.1, 0.15) is 34.1 Å². The van der Waals surface area contributed by atoms with Gasteiger partial charge in [0.1, 0.15) is 6.29 Å². The molecular formula is C12H22N2O3. The normalized spacial score (nSPS) is 12.2. The minimum absolute atomic E-state index is 0.334. The summed E-state index contributed by atoms with van der Waals surface area (Å²) < 4.78 is 0. The standard InChI is InChI=1S/C12H22N2O3/c1-11(2,9-16)13-6-5-7-14-12(3,4)10(17)8-15/h8-9,13-14H,5-7H2,1-4H3. The topological polar surface area (TPSA) is 75.3 Å². The van der Waals surface area contributed by atoms with Gasteiger partial charge in [-0.15, -0.1) is 0 Å². The summed E-state index contributed by atoms with van der Waals surface area (Å²) in [5.41, 5.74) is -1.34. The van der Waals surface area contributed by atoms with Crippen LogP contribution in [0.15, 0.2) is 0 Å². The summed E-state index contributed by atoms with van der Waals surface area (Å²) in [6.07, 6.45) is 1.97. The number of hydrogen-bond acceptors (Lipinski definition) is 5. The second-order valence-corrected chi connectivity index (χ2v) is 5.15. The Morgan fingerprint density at radius 1 is 1.06 bits per heavy atom. The number of aldehydes is 2. The highest BCUT2D eigenvalue weighted by molar-refractivity contribution is 6.29. The van der Waals surface area contributed by atoms with Crippen molar-refractivity contribution in [1.82, 2.24) is 10.6 Å². The van der Waals surface area contributed by atoms with E-state index in [9.17, 15) is 14.4 Å². The molecule has 0 fully saturated rings. The Bertz CT molecular complexity index is 285. The Balaban J connectivity index is 3.82. The van der Waals surface area contributed by atoms with Crippen molar-refractivity contribution in [3.8, 4) is 0 Å². The fourth-order valence-electron chi connectivity index (χ4n) is 1.18. The second kappa shape index (κ2) is 6.61. The van der Waals surface area contributed by atoms with E-state index in [0.717, 1.165) is 12.7 Å². The van der Waals surface area contributed by atoms with Gasteiger partial charge in [0.15, 0.2) is 6.29 Å². The van der Waals surface area contributed by atoms with Crippen LogP contribution in [-0.2, 0) is 14.4 Å². The molecule has 0 atom stereocenters. The number of Topliss-reactive ketones (excluding diaryl/α,β-unsaturated/α-hetero) is 1. The van der Waals surface area contributed by atoms with Crippen molar-refractivity contribution in [2.24, 2.45) is 0 Å². The van der Waals surface area contributed by atoms with Gasteiger partial charge in [0.25, 0.3) is 0 Å². The number of nitrogens with one attached hydrogen (secondary N) is 2. The van der Waals surface area contributed by atoms with Gasteiger partial charge in [0.05, 0.1) is 11.1 Å². The zero-order valence-electron chi connectivity index (χ0n) is 11.0. The summed E-state index contributed by atoms with van der Waals surface area (Å²) in [4.78, 5) is 32.2. The largest absolute Gasteiger partial charge is 0.306 e. The van der Waals surface area contributed by atoms with Crippen molar-refractivity contribution in [3.63, 3.8) is 0 Å². The highest BCUT2D eigenvalue weighted by Gasteiger charge is 2.25. The Hall–Kier alpha value is -1.07. The van der Waals surface area contributed by atoms with Crippen LogP contribution in [0, 0.1) is 0 Å². The van der Waals surface area contributed by atoms with E-state index in [1.165, 1.54) is 0 Å². The van der Waals surface area contributed by atoms with Crippen LogP contribution >= 0.6 is 0 Å². The lowest BCUT2D eigenvalue weighted by atomic mass is 10.00. The minimum atomic E-state index is -0.818. The molecule has 0 unspecified atom stereocenters. The number of rotatable bonds is 9. The predicted octanol–water partition coefficient (Wildman–Crippen LogP) is 0.0798. The van der Waals surface area contributed by atoms with E-state index in [-0.39, 0.29) is 0 Å². The predicted molar refractivity (Wildman–Crippen MR) is 65.9 cm³/mol. The van der Waals surface area contributed by atoms with Crippen molar-refractivity contribution in [2.45, 2.75) is 45.2 Å². The molecule has 0 spiro atoms. The van der Waals surface area contributed by atoms with Gasteiger partial charge in [0, 0.05) is 0 Å². The first-order chi connectivity index (χ1) is 7.75. The lowest BCUT2D eigenvalue weighted by Crippen LogP contribution is -2.48. The van der Waals surface area contributed by atoms with Crippen LogP contribution in [0.5, 0.6) is 0 Å². The van der Waals surface area contributed by atoms with E-state index < -0.39 is 16.9 Å². The molecule has 0 rings (SSSR count). The molecule has 0 aromatic heterocycles. The van der Waals surface area contributed by atoms with E-state index in [2.05, 4.69) is 10.6 Å². The zero-order valence-corrected chi connectivity index (χ0v) is 11.0. The minimum Gasteiger partial charge on any atom is -0.306 e. The summed E-state index contributed by atoms with van der Waals surface area (Å²) >= 11 is 0. The maximum atomic E-state index is 11.2. The SMILES string of the molecule is CC(C)(C=O)NCCCNC(C)(C)C(=O)C=O. The molecule has 0 aromatic carbocycles. The highest BCUT2D eigenvalue weighted by atomic mass is 16.2. The Labute approximate surface area is 102 Å². The van der Waals surface area contributed by atoms with Crippen LogP contribution < -0.4 is 10.6 Å². The third kappa shape index (κ3) is 6.28. The first kappa shape index (κ1) is 15.9. The van der Waals surface area contributed by atoms with Crippen molar-refractivity contribution < 1.29 is 14.4 Å². The Kier molecular flexibility index (Phi) is 6.20. The van der Waals surface area contributed by atoms with Crippen LogP contribution in [0.3, 0.4) is 0 Å². The summed E-state index contributed by atoms with van der Waals surface area (Å²) in [5.74, 6) is -0.460. The Morgan fingerprint density at radius 3 is 2.06 bits per heavy atom. The summed E-state index contributed by atoms with van der Waals surface area (Å²) in [7, 11) is 0. The molecule has 17 heavy (non-hydrogen) atoms. The fourth-order valence-corrected chi connectivity index (χ4v) is 1.18. The molecular weight excluding hydrogens is 220 g/mol. The lowest BCUT2D eigenvalue weighted by Gasteiger charge is -2.23. The number of hydrogen-bond donors (Lipinski definition) is 2. The van der Waals surface area contributed by atoms with Gasteiger partial charge in [-0.05, 0) is 47.2 Å². The molecule has 0 aliphatic heterocycles. The smallest absolute Gasteiger partial charge is 0.214 e. The van der Waals surface area contributed by atoms with Crippen LogP contribution in [-0.4, -0.2) is 42.5 Å². The van der Waals surface area contributed by atoms with Crippen LogP contribution in [0.4, 0.5) is 0 Å². The van der Waals surface area contributed by atoms with E-state index in [1.807, 2.05) is 0 Å². The van der Waals surface area contributed by atoms with Gasteiger partial charge < -0.3 is 15.4 Å². The molecule has 0 bridgehead atoms. The molecule has 0 aromatic rings. The molecule has 0 saturated heterocycles. The zero-order chi connectivity index (χ0) is 13.5. The number of ketones is 1. The van der Waals surface area contributed by atoms with E-state index >= 15 is 0 Å². The van der Waals surface area contributed by atoms with E-state index in [1.54, 1.807) is 27.7 Å². The van der Waals surface area contributed by atoms with Gasteiger partial charge >= 0.3 is 0 Å². The molecule has 5 nitrogen and oxygen atoms in total. The first-order valence-corrected chi connectivity index (χ1v) is 5.71. The van der Waals surface area contributed by atoms with Gasteiger partial charge in [-0.2, -0.15) is 0 Å². The molecule has 0 aliphatic carbocycles. The summed E-state index contributed by atoms with van der Waals surface area (Å²) in [6, 6.07) is 0. The molecule has 98 valence electrons. The molecule has 5 heteroatoms. The van der Waals surface area contributed by atoms with Crippen molar-refractivity contribution >= 4 is 18.4 Å². The average Bonchev–Trinajstić information content (AvgIpc) is 2.27. The van der Waals surface area contributed by atoms with Crippen LogP contribution in [0.2, 0.25) is 0 Å². The third-order valence-corrected chi connectivity index (χ3v) is 2.52. The lowest BCUT2D eigenvalue weighted by molar-refractivity contribution is -0.133. The van der Waals surface area contributed by atoms with Gasteiger partial charge in [0.2, 0.25) is 5.78 Å². The molecule has 0 heterocycles. The van der Waals surface area contributed by atoms with Crippen LogP contribution in [0.25, 0.3) is 0 Å². The van der Waals surface area contributed by atoms with Gasteiger partial charge in [-0.25, -0.2) is 0 Å². The first-order valence-electron chi connectivity index (χ1n) is 5.71. The van der Waals surface area contributed by atoms with Crippen molar-refractivity contribution in [3.05, 3.63) is 0 Å². The van der Waals surface area contributed by atoms with E-state index in [0.29, 0.717) is 19.4 Å². The summed E-state index contributed by atoms with van der Waals surface area (Å²) in [6.45, 7) is 8.22. The fraction of sp³-hybridized carbons (Fsp3) is 0.750. The number of carbonyl (C=O) groups is 3. The van der Waals surface area contributed by atoms with Crippen molar-refractivity contribution in [1.29, 1.82) is 0 Å². The second-order valence-electron chi connectivity index (χ2n) is 5.15. The molecule has 0 amide bonds. The highest BCUT2D eigenvalue weighted by Crippen LogP contribution is 2.02. The molecule has 0 aliphatic rings. The molecule has 2 N–H and O–H groups in total. The number of carbonyl (C=O) groups excluding carboxylic acids is 3. The van der Waals surface area contributed by atoms with Crippen molar-refractivity contribution in [2.75, 3.05) is 13.1 Å². The van der Waals surface area contributed by atoms with Gasteiger partial charge in [-0.3, -0.25) is 9.59 Å². The van der Waals surface area contributed by atoms with E-state index in [4.69, 9.17) is 0 Å². The monoisotopic (exact) mass is 242 g/mol. The average molecular weight is 242 g/mol. The quantitative estimate of drug-likeness (QED) is 0.340. The summed E-state index contributed by atoms with van der Waals surface area (Å²) in [5, 5.41) is 6.08. The molecule has 0 radical (unpaired) electrons. The molecule has 0 saturated carbocycles. The Morgan fingerprint density at radius 2 is 1.59 bits per heavy atom. The maximum Gasteiger partial charge on any atom is 0.214 e. The third-order valence-electron chi connectivity index (χ3n) is 2.52. The maximum absolute atomic E-state index is 11.2.